The molecule has 4 rings (SSSR count). The molecule has 0 bridgehead atoms. The van der Waals surface area contributed by atoms with Crippen molar-refractivity contribution in [1.82, 2.24) is 19.6 Å². The maximum atomic E-state index is 12.9. The van der Waals surface area contributed by atoms with Gasteiger partial charge in [0.05, 0.1) is 16.3 Å². The Morgan fingerprint density at radius 2 is 1.90 bits per heavy atom. The molecule has 10 heteroatoms. The number of alkyl halides is 3. The second kappa shape index (κ2) is 7.60. The third-order valence-electron chi connectivity index (χ3n) is 4.36. The number of nitrogens with one attached hydrogen (secondary N) is 1. The summed E-state index contributed by atoms with van der Waals surface area (Å²) in [5.41, 5.74) is 0.601. The van der Waals surface area contributed by atoms with Gasteiger partial charge in [0.2, 0.25) is 5.91 Å². The number of hydrogen-bond acceptors (Lipinski definition) is 5. The molecule has 30 heavy (non-hydrogen) atoms. The number of anilines is 1. The van der Waals surface area contributed by atoms with Gasteiger partial charge in [-0.2, -0.15) is 17.7 Å². The lowest BCUT2D eigenvalue weighted by atomic mass is 10.2. The molecular formula is C20H16F3N5OS. The molecule has 6 nitrogen and oxygen atoms in total. The van der Waals surface area contributed by atoms with Crippen molar-refractivity contribution < 1.29 is 18.0 Å². The van der Waals surface area contributed by atoms with E-state index in [1.807, 2.05) is 24.3 Å². The minimum Gasteiger partial charge on any atom is -0.325 e. The Morgan fingerprint density at radius 1 is 1.13 bits per heavy atom. The Bertz CT molecular complexity index is 1250. The fourth-order valence-corrected chi connectivity index (χ4v) is 3.80. The molecule has 0 saturated carbocycles. The van der Waals surface area contributed by atoms with Crippen LogP contribution in [0.5, 0.6) is 0 Å². The van der Waals surface area contributed by atoms with Crippen molar-refractivity contribution >= 4 is 39.9 Å². The second-order valence-corrected chi connectivity index (χ2v) is 7.94. The van der Waals surface area contributed by atoms with Gasteiger partial charge >= 0.3 is 6.18 Å². The van der Waals surface area contributed by atoms with Crippen molar-refractivity contribution in [3.63, 3.8) is 0 Å². The van der Waals surface area contributed by atoms with Crippen LogP contribution in [0.15, 0.2) is 53.7 Å². The minimum atomic E-state index is -4.48. The molecule has 0 spiro atoms. The largest absolute Gasteiger partial charge is 0.416 e. The van der Waals surface area contributed by atoms with E-state index in [0.29, 0.717) is 22.1 Å². The number of thioether (sulfide) groups is 1. The molecule has 0 fully saturated rings. The molecule has 1 unspecified atom stereocenters. The first-order valence-corrected chi connectivity index (χ1v) is 9.87. The van der Waals surface area contributed by atoms with Crippen LogP contribution in [-0.2, 0) is 11.0 Å². The molecule has 0 radical (unpaired) electrons. The number of fused-ring (bicyclic) bond motifs is 3. The standard InChI is InChI=1S/C20H16F3N5OS/c1-11(18(29)25-14-7-5-6-13(10-14)20(21,22)23)30-19-26-16-9-4-3-8-15(16)17-24-12(2)27-28(17)19/h3-11H,1-2H3,(H,25,29). The smallest absolute Gasteiger partial charge is 0.325 e. The van der Waals surface area contributed by atoms with E-state index in [4.69, 9.17) is 0 Å². The van der Waals surface area contributed by atoms with Gasteiger partial charge in [0.1, 0.15) is 5.82 Å². The van der Waals surface area contributed by atoms with Gasteiger partial charge in [-0.25, -0.2) is 9.97 Å². The molecule has 2 aromatic heterocycles. The van der Waals surface area contributed by atoms with Crippen LogP contribution in [0.25, 0.3) is 16.6 Å². The SMILES string of the molecule is Cc1nc2c3ccccc3nc(SC(C)C(=O)Nc3cccc(C(F)(F)F)c3)n2n1. The predicted octanol–water partition coefficient (Wildman–Crippen LogP) is 4.72. The fraction of sp³-hybridized carbons (Fsp3) is 0.200. The highest BCUT2D eigenvalue weighted by Crippen LogP contribution is 2.31. The summed E-state index contributed by atoms with van der Waals surface area (Å²) in [6.07, 6.45) is -4.48. The molecule has 4 aromatic rings. The van der Waals surface area contributed by atoms with Crippen LogP contribution >= 0.6 is 11.8 Å². The highest BCUT2D eigenvalue weighted by molar-refractivity contribution is 8.00. The summed E-state index contributed by atoms with van der Waals surface area (Å²) < 4.78 is 40.2. The van der Waals surface area contributed by atoms with Gasteiger partial charge in [0, 0.05) is 11.1 Å². The molecule has 1 atom stereocenters. The maximum absolute atomic E-state index is 12.9. The van der Waals surface area contributed by atoms with Crippen molar-refractivity contribution in [3.05, 3.63) is 59.9 Å². The van der Waals surface area contributed by atoms with E-state index in [0.717, 1.165) is 29.3 Å². The van der Waals surface area contributed by atoms with Crippen molar-refractivity contribution in [2.45, 2.75) is 30.4 Å². The number of rotatable bonds is 4. The first-order chi connectivity index (χ1) is 14.2. The molecular weight excluding hydrogens is 415 g/mol. The van der Waals surface area contributed by atoms with Crippen LogP contribution in [0.1, 0.15) is 18.3 Å². The minimum absolute atomic E-state index is 0.0792. The van der Waals surface area contributed by atoms with Crippen LogP contribution in [0.3, 0.4) is 0 Å². The van der Waals surface area contributed by atoms with E-state index in [-0.39, 0.29) is 5.69 Å². The Labute approximate surface area is 173 Å². The summed E-state index contributed by atoms with van der Waals surface area (Å²) in [5.74, 6) is 0.121. The zero-order valence-corrected chi connectivity index (χ0v) is 16.8. The zero-order valence-electron chi connectivity index (χ0n) is 15.9. The molecule has 0 saturated heterocycles. The highest BCUT2D eigenvalue weighted by atomic mass is 32.2. The molecule has 0 aliphatic heterocycles. The number of aryl methyl sites for hydroxylation is 1. The summed E-state index contributed by atoms with van der Waals surface area (Å²) in [4.78, 5) is 21.6. The molecule has 0 aliphatic rings. The Balaban J connectivity index is 1.60. The van der Waals surface area contributed by atoms with E-state index >= 15 is 0 Å². The first-order valence-electron chi connectivity index (χ1n) is 8.99. The molecule has 1 N–H and O–H groups in total. The first kappa shape index (κ1) is 20.1. The van der Waals surface area contributed by atoms with Crippen LogP contribution < -0.4 is 5.32 Å². The Hall–Kier alpha value is -3.14. The topological polar surface area (TPSA) is 72.2 Å². The molecule has 2 heterocycles. The number of amides is 1. The summed E-state index contributed by atoms with van der Waals surface area (Å²) >= 11 is 1.15. The van der Waals surface area contributed by atoms with Crippen LogP contribution in [0, 0.1) is 6.92 Å². The van der Waals surface area contributed by atoms with Crippen LogP contribution in [0.2, 0.25) is 0 Å². The van der Waals surface area contributed by atoms with Crippen molar-refractivity contribution in [1.29, 1.82) is 0 Å². The average Bonchev–Trinajstić information content (AvgIpc) is 3.09. The van der Waals surface area contributed by atoms with Crippen LogP contribution in [-0.4, -0.2) is 30.7 Å². The lowest BCUT2D eigenvalue weighted by Crippen LogP contribution is -2.23. The number of halogens is 3. The number of aromatic nitrogens is 4. The number of carbonyl (C=O) groups is 1. The lowest BCUT2D eigenvalue weighted by molar-refractivity contribution is -0.137. The number of hydrogen-bond donors (Lipinski definition) is 1. The van der Waals surface area contributed by atoms with E-state index in [1.54, 1.807) is 18.4 Å². The van der Waals surface area contributed by atoms with Crippen molar-refractivity contribution in [2.75, 3.05) is 5.32 Å². The Kier molecular flexibility index (Phi) is 5.10. The average molecular weight is 431 g/mol. The summed E-state index contributed by atoms with van der Waals surface area (Å²) in [6, 6.07) is 12.0. The monoisotopic (exact) mass is 431 g/mol. The van der Waals surface area contributed by atoms with Gasteiger partial charge in [-0.1, -0.05) is 30.0 Å². The molecule has 154 valence electrons. The maximum Gasteiger partial charge on any atom is 0.416 e. The fourth-order valence-electron chi connectivity index (χ4n) is 2.94. The van der Waals surface area contributed by atoms with E-state index in [9.17, 15) is 18.0 Å². The van der Waals surface area contributed by atoms with Crippen LogP contribution in [0.4, 0.5) is 18.9 Å². The van der Waals surface area contributed by atoms with Crippen molar-refractivity contribution in [3.8, 4) is 0 Å². The predicted molar refractivity (Wildman–Crippen MR) is 108 cm³/mol. The van der Waals surface area contributed by atoms with Gasteiger partial charge in [-0.05, 0) is 44.2 Å². The van der Waals surface area contributed by atoms with E-state index < -0.39 is 22.9 Å². The molecule has 2 aromatic carbocycles. The summed E-state index contributed by atoms with van der Waals surface area (Å²) in [5, 5.41) is 7.56. The highest BCUT2D eigenvalue weighted by Gasteiger charge is 2.30. The van der Waals surface area contributed by atoms with Crippen molar-refractivity contribution in [2.24, 2.45) is 0 Å². The third-order valence-corrected chi connectivity index (χ3v) is 5.41. The Morgan fingerprint density at radius 3 is 2.67 bits per heavy atom. The summed E-state index contributed by atoms with van der Waals surface area (Å²) in [6.45, 7) is 3.42. The summed E-state index contributed by atoms with van der Waals surface area (Å²) in [7, 11) is 0. The number of benzene rings is 2. The quantitative estimate of drug-likeness (QED) is 0.374. The van der Waals surface area contributed by atoms with E-state index in [2.05, 4.69) is 20.4 Å². The third kappa shape index (κ3) is 3.95. The van der Waals surface area contributed by atoms with Gasteiger partial charge in [0.15, 0.2) is 10.8 Å². The lowest BCUT2D eigenvalue weighted by Gasteiger charge is -2.14. The van der Waals surface area contributed by atoms with Gasteiger partial charge in [-0.15, -0.1) is 5.10 Å². The molecule has 1 amide bonds. The number of para-hydroxylation sites is 1. The number of nitrogens with zero attached hydrogens (tertiary/aromatic N) is 4. The second-order valence-electron chi connectivity index (χ2n) is 6.63. The molecule has 0 aliphatic carbocycles. The zero-order chi connectivity index (χ0) is 21.5. The van der Waals surface area contributed by atoms with Gasteiger partial charge < -0.3 is 5.32 Å². The van der Waals surface area contributed by atoms with Gasteiger partial charge in [0.25, 0.3) is 0 Å². The van der Waals surface area contributed by atoms with E-state index in [1.165, 1.54) is 12.1 Å². The van der Waals surface area contributed by atoms with Gasteiger partial charge in [-0.3, -0.25) is 4.79 Å². The number of carbonyl (C=O) groups excluding carboxylic acids is 1. The normalized spacial score (nSPS) is 13.0.